The van der Waals surface area contributed by atoms with Crippen LogP contribution < -0.4 is 20.1 Å². The smallest absolute Gasteiger partial charge is 0.257 e. The minimum atomic E-state index is -0.298. The van der Waals surface area contributed by atoms with E-state index < -0.39 is 0 Å². The van der Waals surface area contributed by atoms with Crippen molar-refractivity contribution < 1.29 is 14.3 Å². The van der Waals surface area contributed by atoms with E-state index in [0.29, 0.717) is 34.9 Å². The summed E-state index contributed by atoms with van der Waals surface area (Å²) in [5.41, 5.74) is 1.25. The topological polar surface area (TPSA) is 59.6 Å². The van der Waals surface area contributed by atoms with E-state index in [4.69, 9.17) is 21.7 Å². The zero-order valence-corrected chi connectivity index (χ0v) is 17.9. The highest BCUT2D eigenvalue weighted by atomic mass is 79.9. The van der Waals surface area contributed by atoms with E-state index in [2.05, 4.69) is 40.4 Å². The Kier molecular flexibility index (Phi) is 8.06. The minimum absolute atomic E-state index is 0.223. The number of ether oxygens (including phenoxy) is 2. The van der Waals surface area contributed by atoms with E-state index in [-0.39, 0.29) is 11.0 Å². The molecule has 27 heavy (non-hydrogen) atoms. The first-order chi connectivity index (χ1) is 12.9. The monoisotopic (exact) mass is 450 g/mol. The third-order valence-corrected chi connectivity index (χ3v) is 4.24. The van der Waals surface area contributed by atoms with Gasteiger partial charge in [0.1, 0.15) is 11.5 Å². The predicted molar refractivity (Wildman–Crippen MR) is 116 cm³/mol. The number of nitrogens with one attached hydrogen (secondary N) is 2. The number of rotatable bonds is 7. The van der Waals surface area contributed by atoms with Crippen LogP contribution in [0.4, 0.5) is 5.69 Å². The number of amides is 1. The molecule has 0 atom stereocenters. The van der Waals surface area contributed by atoms with E-state index in [0.717, 1.165) is 11.4 Å². The van der Waals surface area contributed by atoms with Gasteiger partial charge in [0.05, 0.1) is 17.7 Å². The molecule has 0 radical (unpaired) electrons. The summed E-state index contributed by atoms with van der Waals surface area (Å²) in [5.74, 6) is 1.65. The van der Waals surface area contributed by atoms with Crippen LogP contribution >= 0.6 is 28.1 Å². The molecule has 0 aliphatic rings. The van der Waals surface area contributed by atoms with Crippen LogP contribution in [0.25, 0.3) is 0 Å². The first-order valence-corrected chi connectivity index (χ1v) is 9.86. The zero-order valence-electron chi connectivity index (χ0n) is 15.5. The summed E-state index contributed by atoms with van der Waals surface area (Å²) in [5, 5.41) is 5.88. The Hall–Kier alpha value is -2.12. The van der Waals surface area contributed by atoms with Crippen molar-refractivity contribution >= 4 is 44.9 Å². The molecule has 1 amide bonds. The fourth-order valence-electron chi connectivity index (χ4n) is 2.15. The fraction of sp³-hybridized carbons (Fsp3) is 0.300. The summed E-state index contributed by atoms with van der Waals surface area (Å²) in [6, 6.07) is 12.5. The average molecular weight is 451 g/mol. The second kappa shape index (κ2) is 10.3. The molecular weight excluding hydrogens is 428 g/mol. The maximum absolute atomic E-state index is 12.3. The van der Waals surface area contributed by atoms with E-state index in [1.54, 1.807) is 18.2 Å². The van der Waals surface area contributed by atoms with Crippen LogP contribution in [0.3, 0.4) is 0 Å². The van der Waals surface area contributed by atoms with E-state index in [1.165, 1.54) is 0 Å². The van der Waals surface area contributed by atoms with Crippen molar-refractivity contribution in [1.82, 2.24) is 5.32 Å². The molecule has 0 aromatic heterocycles. The molecule has 2 aromatic rings. The third-order valence-electron chi connectivity index (χ3n) is 3.42. The van der Waals surface area contributed by atoms with Crippen LogP contribution in [0, 0.1) is 5.92 Å². The fourth-order valence-corrected chi connectivity index (χ4v) is 2.85. The molecule has 0 aliphatic carbocycles. The molecule has 0 aliphatic heterocycles. The van der Waals surface area contributed by atoms with Crippen LogP contribution in [-0.4, -0.2) is 24.2 Å². The molecule has 0 saturated carbocycles. The van der Waals surface area contributed by atoms with E-state index >= 15 is 0 Å². The maximum atomic E-state index is 12.3. The Morgan fingerprint density at radius 3 is 2.44 bits per heavy atom. The number of hydrogen-bond acceptors (Lipinski definition) is 4. The SMILES string of the molecule is CCOc1ccc(C(=O)NC(=S)Nc2ccc(OCC(C)C)cc2)cc1Br. The van der Waals surface area contributed by atoms with Gasteiger partial charge in [0.15, 0.2) is 5.11 Å². The largest absolute Gasteiger partial charge is 0.493 e. The molecule has 144 valence electrons. The summed E-state index contributed by atoms with van der Waals surface area (Å²) in [4.78, 5) is 12.3. The molecule has 0 heterocycles. The molecule has 7 heteroatoms. The van der Waals surface area contributed by atoms with Gasteiger partial charge in [-0.3, -0.25) is 10.1 Å². The molecule has 0 bridgehead atoms. The number of thiocarbonyl (C=S) groups is 1. The second-order valence-electron chi connectivity index (χ2n) is 6.22. The molecule has 0 unspecified atom stereocenters. The summed E-state index contributed by atoms with van der Waals surface area (Å²) in [7, 11) is 0. The molecule has 0 saturated heterocycles. The van der Waals surface area contributed by atoms with Crippen molar-refractivity contribution in [3.8, 4) is 11.5 Å². The van der Waals surface area contributed by atoms with Gasteiger partial charge in [-0.2, -0.15) is 0 Å². The number of halogens is 1. The van der Waals surface area contributed by atoms with Gasteiger partial charge in [0.2, 0.25) is 0 Å². The molecular formula is C20H23BrN2O3S. The Labute approximate surface area is 173 Å². The van der Waals surface area contributed by atoms with Crippen molar-refractivity contribution in [2.75, 3.05) is 18.5 Å². The highest BCUT2D eigenvalue weighted by Gasteiger charge is 2.11. The number of hydrogen-bond donors (Lipinski definition) is 2. The van der Waals surface area contributed by atoms with Crippen LogP contribution in [-0.2, 0) is 0 Å². The van der Waals surface area contributed by atoms with Gasteiger partial charge in [0, 0.05) is 11.3 Å². The predicted octanol–water partition coefficient (Wildman–Crippen LogP) is 5.01. The van der Waals surface area contributed by atoms with E-state index in [1.807, 2.05) is 31.2 Å². The van der Waals surface area contributed by atoms with Crippen LogP contribution in [0.1, 0.15) is 31.1 Å². The summed E-state index contributed by atoms with van der Waals surface area (Å²) >= 11 is 8.62. The lowest BCUT2D eigenvalue weighted by Crippen LogP contribution is -2.34. The van der Waals surface area contributed by atoms with Crippen molar-refractivity contribution in [1.29, 1.82) is 0 Å². The summed E-state index contributed by atoms with van der Waals surface area (Å²) in [6.07, 6.45) is 0. The van der Waals surface area contributed by atoms with Crippen molar-refractivity contribution in [3.05, 3.63) is 52.5 Å². The van der Waals surface area contributed by atoms with Gasteiger partial charge in [-0.1, -0.05) is 13.8 Å². The molecule has 2 aromatic carbocycles. The molecule has 2 N–H and O–H groups in total. The lowest BCUT2D eigenvalue weighted by Gasteiger charge is -2.12. The van der Waals surface area contributed by atoms with Gasteiger partial charge in [0.25, 0.3) is 5.91 Å². The highest BCUT2D eigenvalue weighted by Crippen LogP contribution is 2.26. The standard InChI is InChI=1S/C20H23BrN2O3S/c1-4-25-18-10-5-14(11-17(18)21)19(24)23-20(27)22-15-6-8-16(9-7-15)26-12-13(2)3/h5-11,13H,4,12H2,1-3H3,(H2,22,23,24,27). The first-order valence-electron chi connectivity index (χ1n) is 8.66. The minimum Gasteiger partial charge on any atom is -0.493 e. The van der Waals surface area contributed by atoms with Crippen molar-refractivity contribution in [2.45, 2.75) is 20.8 Å². The molecule has 0 spiro atoms. The first kappa shape index (κ1) is 21.2. The Balaban J connectivity index is 1.91. The lowest BCUT2D eigenvalue weighted by molar-refractivity contribution is 0.0977. The lowest BCUT2D eigenvalue weighted by atomic mass is 10.2. The van der Waals surface area contributed by atoms with E-state index in [9.17, 15) is 4.79 Å². The van der Waals surface area contributed by atoms with Crippen LogP contribution in [0.5, 0.6) is 11.5 Å². The van der Waals surface area contributed by atoms with Crippen LogP contribution in [0.15, 0.2) is 46.9 Å². The van der Waals surface area contributed by atoms with Gasteiger partial charge in [-0.25, -0.2) is 0 Å². The Bertz CT molecular complexity index is 794. The number of anilines is 1. The second-order valence-corrected chi connectivity index (χ2v) is 7.48. The average Bonchev–Trinajstić information content (AvgIpc) is 2.62. The number of carbonyl (C=O) groups is 1. The van der Waals surface area contributed by atoms with Crippen molar-refractivity contribution in [2.24, 2.45) is 5.92 Å². The van der Waals surface area contributed by atoms with Gasteiger partial charge in [-0.05, 0) is 83.5 Å². The maximum Gasteiger partial charge on any atom is 0.257 e. The van der Waals surface area contributed by atoms with Crippen LogP contribution in [0.2, 0.25) is 0 Å². The van der Waals surface area contributed by atoms with Gasteiger partial charge in [-0.15, -0.1) is 0 Å². The van der Waals surface area contributed by atoms with Gasteiger partial charge >= 0.3 is 0 Å². The Morgan fingerprint density at radius 1 is 1.15 bits per heavy atom. The molecule has 0 fully saturated rings. The van der Waals surface area contributed by atoms with Crippen molar-refractivity contribution in [3.63, 3.8) is 0 Å². The van der Waals surface area contributed by atoms with Gasteiger partial charge < -0.3 is 14.8 Å². The third kappa shape index (κ3) is 6.84. The number of carbonyl (C=O) groups excluding carboxylic acids is 1. The zero-order chi connectivity index (χ0) is 19.8. The normalized spacial score (nSPS) is 10.4. The molecule has 2 rings (SSSR count). The Morgan fingerprint density at radius 2 is 1.85 bits per heavy atom. The summed E-state index contributed by atoms with van der Waals surface area (Å²) in [6.45, 7) is 7.32. The molecule has 5 nitrogen and oxygen atoms in total. The number of benzene rings is 2. The quantitative estimate of drug-likeness (QED) is 0.580. The summed E-state index contributed by atoms with van der Waals surface area (Å²) < 4.78 is 11.8. The highest BCUT2D eigenvalue weighted by molar-refractivity contribution is 9.10.